The zero-order chi connectivity index (χ0) is 24.2. The SMILES string of the molecule is CCC/C=C\CCC1OC2CC3OC4CCCCOC4(CC)CC3(CC)OC2C=CC1(O)CC. The molecule has 0 radical (unpaired) electrons. The minimum Gasteiger partial charge on any atom is -0.383 e. The fourth-order valence-corrected chi connectivity index (χ4v) is 6.64. The molecule has 194 valence electrons. The van der Waals surface area contributed by atoms with Gasteiger partial charge in [0.2, 0.25) is 0 Å². The molecule has 0 aromatic rings. The molecule has 0 aromatic heterocycles. The summed E-state index contributed by atoms with van der Waals surface area (Å²) in [6.07, 6.45) is 19.5. The van der Waals surface area contributed by atoms with Crippen molar-refractivity contribution in [3.63, 3.8) is 0 Å². The summed E-state index contributed by atoms with van der Waals surface area (Å²) in [5.74, 6) is 0. The van der Waals surface area contributed by atoms with Gasteiger partial charge in [-0.05, 0) is 57.8 Å². The van der Waals surface area contributed by atoms with Crippen LogP contribution in [0.1, 0.15) is 105 Å². The van der Waals surface area contributed by atoms with Gasteiger partial charge in [-0.25, -0.2) is 0 Å². The highest BCUT2D eigenvalue weighted by molar-refractivity contribution is 5.16. The smallest absolute Gasteiger partial charge is 0.109 e. The molecule has 8 unspecified atom stereocenters. The molecule has 0 amide bonds. The molecule has 0 aromatic carbocycles. The molecular formula is C29H48O5. The van der Waals surface area contributed by atoms with Crippen molar-refractivity contribution in [3.8, 4) is 0 Å². The van der Waals surface area contributed by atoms with E-state index in [1.807, 2.05) is 13.0 Å². The molecule has 5 heteroatoms. The predicted octanol–water partition coefficient (Wildman–Crippen LogP) is 6.03. The standard InChI is InChI=1S/C29H48O5/c1-5-9-10-11-12-15-24-27(30,6-2)18-17-22-23(32-24)20-26-29(8-4,34-22)21-28(7-3)25(33-26)16-13-14-19-31-28/h10-11,17-18,22-26,30H,5-9,12-16,19-21H2,1-4H3/b11-10-. The molecule has 5 nitrogen and oxygen atoms in total. The van der Waals surface area contributed by atoms with Crippen LogP contribution in [0.15, 0.2) is 24.3 Å². The second kappa shape index (κ2) is 11.1. The summed E-state index contributed by atoms with van der Waals surface area (Å²) < 4.78 is 27.0. The van der Waals surface area contributed by atoms with E-state index in [0.29, 0.717) is 6.42 Å². The van der Waals surface area contributed by atoms with E-state index in [1.165, 1.54) is 0 Å². The van der Waals surface area contributed by atoms with E-state index < -0.39 is 5.60 Å². The first kappa shape index (κ1) is 26.3. The first-order valence-electron chi connectivity index (χ1n) is 14.1. The Bertz CT molecular complexity index is 721. The quantitative estimate of drug-likeness (QED) is 0.433. The van der Waals surface area contributed by atoms with Crippen molar-refractivity contribution >= 4 is 0 Å². The topological polar surface area (TPSA) is 57.2 Å². The monoisotopic (exact) mass is 476 g/mol. The minimum absolute atomic E-state index is 0.00329. The lowest BCUT2D eigenvalue weighted by molar-refractivity contribution is -0.321. The van der Waals surface area contributed by atoms with Crippen molar-refractivity contribution in [3.05, 3.63) is 24.3 Å². The number of ether oxygens (including phenoxy) is 4. The molecule has 34 heavy (non-hydrogen) atoms. The number of aliphatic hydroxyl groups is 1. The second-order valence-electron chi connectivity index (χ2n) is 11.0. The zero-order valence-corrected chi connectivity index (χ0v) is 22.0. The average molecular weight is 477 g/mol. The maximum absolute atomic E-state index is 11.5. The van der Waals surface area contributed by atoms with Gasteiger partial charge in [0.1, 0.15) is 11.7 Å². The highest BCUT2D eigenvalue weighted by Crippen LogP contribution is 2.51. The first-order chi connectivity index (χ1) is 16.4. The summed E-state index contributed by atoms with van der Waals surface area (Å²) in [7, 11) is 0. The molecule has 3 fully saturated rings. The zero-order valence-electron chi connectivity index (χ0n) is 22.0. The maximum Gasteiger partial charge on any atom is 0.109 e. The number of fused-ring (bicyclic) bond motifs is 3. The molecule has 4 rings (SSSR count). The lowest BCUT2D eigenvalue weighted by atomic mass is 9.70. The Morgan fingerprint density at radius 1 is 0.941 bits per heavy atom. The minimum atomic E-state index is -0.968. The van der Waals surface area contributed by atoms with Gasteiger partial charge in [0.15, 0.2) is 0 Å². The van der Waals surface area contributed by atoms with Crippen LogP contribution in [0.4, 0.5) is 0 Å². The van der Waals surface area contributed by atoms with Gasteiger partial charge in [-0.3, -0.25) is 0 Å². The first-order valence-corrected chi connectivity index (χ1v) is 14.1. The average Bonchev–Trinajstić information content (AvgIpc) is 3.13. The number of allylic oxidation sites excluding steroid dienone is 2. The molecule has 0 aliphatic carbocycles. The van der Waals surface area contributed by atoms with Crippen molar-refractivity contribution in [2.45, 2.75) is 152 Å². The number of hydrogen-bond acceptors (Lipinski definition) is 5. The Kier molecular flexibility index (Phi) is 8.62. The van der Waals surface area contributed by atoms with E-state index >= 15 is 0 Å². The summed E-state index contributed by atoms with van der Waals surface area (Å²) in [6.45, 7) is 9.48. The Balaban J connectivity index is 1.55. The third kappa shape index (κ3) is 5.06. The van der Waals surface area contributed by atoms with Crippen molar-refractivity contribution in [1.29, 1.82) is 0 Å². The van der Waals surface area contributed by atoms with Crippen LogP contribution < -0.4 is 0 Å². The van der Waals surface area contributed by atoms with Crippen LogP contribution in [0.2, 0.25) is 0 Å². The number of unbranched alkanes of at least 4 members (excludes halogenated alkanes) is 1. The fraction of sp³-hybridized carbons (Fsp3) is 0.862. The van der Waals surface area contributed by atoms with E-state index in [-0.39, 0.29) is 41.7 Å². The van der Waals surface area contributed by atoms with Crippen LogP contribution in [0.3, 0.4) is 0 Å². The highest BCUT2D eigenvalue weighted by Gasteiger charge is 2.60. The van der Waals surface area contributed by atoms with Crippen LogP contribution >= 0.6 is 0 Å². The molecule has 4 heterocycles. The highest BCUT2D eigenvalue weighted by atomic mass is 16.6. The normalized spacial score (nSPS) is 44.7. The largest absolute Gasteiger partial charge is 0.383 e. The van der Waals surface area contributed by atoms with Gasteiger partial charge in [0.25, 0.3) is 0 Å². The van der Waals surface area contributed by atoms with E-state index in [4.69, 9.17) is 18.9 Å². The lowest BCUT2D eigenvalue weighted by Crippen LogP contribution is -2.67. The van der Waals surface area contributed by atoms with Crippen LogP contribution in [0.25, 0.3) is 0 Å². The van der Waals surface area contributed by atoms with Gasteiger partial charge < -0.3 is 24.1 Å². The van der Waals surface area contributed by atoms with Crippen LogP contribution in [-0.2, 0) is 18.9 Å². The van der Waals surface area contributed by atoms with Crippen LogP contribution in [-0.4, -0.2) is 59.0 Å². The Morgan fingerprint density at radius 3 is 2.47 bits per heavy atom. The van der Waals surface area contributed by atoms with E-state index in [2.05, 4.69) is 39.0 Å². The van der Waals surface area contributed by atoms with Gasteiger partial charge in [0.05, 0.1) is 35.6 Å². The van der Waals surface area contributed by atoms with Crippen molar-refractivity contribution < 1.29 is 24.1 Å². The van der Waals surface area contributed by atoms with E-state index in [9.17, 15) is 5.11 Å². The second-order valence-corrected chi connectivity index (χ2v) is 11.0. The fourth-order valence-electron chi connectivity index (χ4n) is 6.64. The number of hydrogen-bond donors (Lipinski definition) is 1. The van der Waals surface area contributed by atoms with Crippen molar-refractivity contribution in [2.24, 2.45) is 0 Å². The predicted molar refractivity (Wildman–Crippen MR) is 135 cm³/mol. The van der Waals surface area contributed by atoms with Crippen LogP contribution in [0.5, 0.6) is 0 Å². The molecular weight excluding hydrogens is 428 g/mol. The molecule has 0 spiro atoms. The third-order valence-corrected chi connectivity index (χ3v) is 8.99. The molecule has 8 atom stereocenters. The summed E-state index contributed by atoms with van der Waals surface area (Å²) in [5.41, 5.74) is -1.61. The van der Waals surface area contributed by atoms with Gasteiger partial charge in [-0.1, -0.05) is 58.4 Å². The summed E-state index contributed by atoms with van der Waals surface area (Å²) in [6, 6.07) is 0. The lowest BCUT2D eigenvalue weighted by Gasteiger charge is -2.58. The summed E-state index contributed by atoms with van der Waals surface area (Å²) in [4.78, 5) is 0. The van der Waals surface area contributed by atoms with Gasteiger partial charge in [-0.15, -0.1) is 0 Å². The third-order valence-electron chi connectivity index (χ3n) is 8.99. The van der Waals surface area contributed by atoms with Gasteiger partial charge >= 0.3 is 0 Å². The van der Waals surface area contributed by atoms with Gasteiger partial charge in [-0.2, -0.15) is 0 Å². The van der Waals surface area contributed by atoms with Crippen molar-refractivity contribution in [1.82, 2.24) is 0 Å². The molecule has 0 bridgehead atoms. The Morgan fingerprint density at radius 2 is 1.74 bits per heavy atom. The number of rotatable bonds is 8. The van der Waals surface area contributed by atoms with Crippen molar-refractivity contribution in [2.75, 3.05) is 6.61 Å². The van der Waals surface area contributed by atoms with Crippen LogP contribution in [0, 0.1) is 0 Å². The summed E-state index contributed by atoms with van der Waals surface area (Å²) >= 11 is 0. The molecule has 0 saturated carbocycles. The Labute approximate surface area is 207 Å². The van der Waals surface area contributed by atoms with E-state index in [0.717, 1.165) is 77.2 Å². The molecule has 1 N–H and O–H groups in total. The Hall–Kier alpha value is -0.720. The molecule has 4 aliphatic rings. The molecule has 4 aliphatic heterocycles. The van der Waals surface area contributed by atoms with E-state index in [1.54, 1.807) is 0 Å². The maximum atomic E-state index is 11.5. The summed E-state index contributed by atoms with van der Waals surface area (Å²) in [5, 5.41) is 11.5. The molecule has 3 saturated heterocycles. The van der Waals surface area contributed by atoms with Gasteiger partial charge in [0, 0.05) is 19.4 Å².